The van der Waals surface area contributed by atoms with E-state index in [9.17, 15) is 9.70 Å². The Morgan fingerprint density at radius 3 is 2.57 bits per heavy atom. The summed E-state index contributed by atoms with van der Waals surface area (Å²) in [5, 5.41) is 2.16. The maximum absolute atomic E-state index is 10.1. The van der Waals surface area contributed by atoms with Crippen LogP contribution in [0.4, 0.5) is 0 Å². The smallest absolute Gasteiger partial charge is 0.268 e. The number of carbonyl (C=O) groups excluding carboxylic acids is 1. The lowest BCUT2D eigenvalue weighted by Crippen LogP contribution is -1.97. The molecule has 7 heavy (non-hydrogen) atoms. The molecule has 0 aliphatic carbocycles. The minimum Gasteiger partial charge on any atom is -0.268 e. The third-order valence-corrected chi connectivity index (χ3v) is 1.57. The summed E-state index contributed by atoms with van der Waals surface area (Å²) in [6, 6.07) is 0. The van der Waals surface area contributed by atoms with Crippen molar-refractivity contribution in [2.45, 2.75) is 5.25 Å². The summed E-state index contributed by atoms with van der Waals surface area (Å²) in [5.74, 6) is 0.273. The zero-order valence-electron chi connectivity index (χ0n) is 3.46. The molecule has 0 N–H and O–H groups in total. The van der Waals surface area contributed by atoms with Gasteiger partial charge < -0.3 is 0 Å². The quantitative estimate of drug-likeness (QED) is 0.369. The molecule has 1 rings (SSSR count). The van der Waals surface area contributed by atoms with Gasteiger partial charge in [0.25, 0.3) is 5.91 Å². The third kappa shape index (κ3) is 0.991. The second-order valence-corrected chi connectivity index (χ2v) is 2.49. The summed E-state index contributed by atoms with van der Waals surface area (Å²) in [4.78, 5) is 19.4. The first-order valence-corrected chi connectivity index (χ1v) is 2.88. The highest BCUT2D eigenvalue weighted by molar-refractivity contribution is 8.07. The van der Waals surface area contributed by atoms with Gasteiger partial charge in [0.15, 0.2) is 0 Å². The molecule has 1 fully saturated rings. The summed E-state index contributed by atoms with van der Waals surface area (Å²) in [6.45, 7) is 0. The molecule has 1 atom stereocenters. The van der Waals surface area contributed by atoms with E-state index in [1.165, 1.54) is 11.8 Å². The summed E-state index contributed by atoms with van der Waals surface area (Å²) in [6.07, 6.45) is 0. The molecule has 0 aromatic rings. The summed E-state index contributed by atoms with van der Waals surface area (Å²) < 4.78 is 0. The van der Waals surface area contributed by atoms with Crippen molar-refractivity contribution in [1.29, 1.82) is 0 Å². The highest BCUT2D eigenvalue weighted by Gasteiger charge is 2.31. The highest BCUT2D eigenvalue weighted by Crippen LogP contribution is 2.30. The molecule has 0 spiro atoms. The summed E-state index contributed by atoms with van der Waals surface area (Å²) in [7, 11) is 0. The predicted molar refractivity (Wildman–Crippen MR) is 27.0 cm³/mol. The van der Waals surface area contributed by atoms with Gasteiger partial charge in [-0.3, -0.25) is 4.79 Å². The number of rotatable bonds is 1. The number of nitroso groups, excluding NO2 is 1. The lowest BCUT2D eigenvalue weighted by molar-refractivity contribution is -0.116. The van der Waals surface area contributed by atoms with Crippen LogP contribution in [0, 0.1) is 4.91 Å². The average molecular weight is 117 g/mol. The molecule has 0 saturated carbocycles. The SMILES string of the molecule is O=NC(=O)C1CS1. The molecular weight excluding hydrogens is 114 g/mol. The Morgan fingerprint density at radius 1 is 1.86 bits per heavy atom. The fraction of sp³-hybridized carbons (Fsp3) is 0.667. The van der Waals surface area contributed by atoms with Crippen LogP contribution < -0.4 is 0 Å². The summed E-state index contributed by atoms with van der Waals surface area (Å²) in [5.41, 5.74) is 0. The number of hydrogen-bond acceptors (Lipinski definition) is 3. The topological polar surface area (TPSA) is 46.5 Å². The molecule has 38 valence electrons. The standard InChI is InChI=1S/C3H3NO2S/c5-3(4-6)2-1-7-2/h2H,1H2. The molecule has 1 unspecified atom stereocenters. The Balaban J connectivity index is 2.37. The Hall–Kier alpha value is -0.380. The zero-order chi connectivity index (χ0) is 5.28. The Labute approximate surface area is 44.4 Å². The van der Waals surface area contributed by atoms with Crippen LogP contribution in [0.2, 0.25) is 0 Å². The second kappa shape index (κ2) is 1.61. The molecule has 1 heterocycles. The predicted octanol–water partition coefficient (Wildman–Crippen LogP) is 0.395. The van der Waals surface area contributed by atoms with Gasteiger partial charge in [-0.25, -0.2) is 0 Å². The molecule has 0 aromatic heterocycles. The van der Waals surface area contributed by atoms with Crippen LogP contribution in [-0.4, -0.2) is 16.9 Å². The van der Waals surface area contributed by atoms with E-state index in [2.05, 4.69) is 5.18 Å². The first-order chi connectivity index (χ1) is 3.34. The van der Waals surface area contributed by atoms with Crippen LogP contribution in [0.25, 0.3) is 0 Å². The molecule has 1 aliphatic heterocycles. The fourth-order valence-electron chi connectivity index (χ4n) is 0.249. The Bertz CT molecular complexity index is 110. The minimum absolute atomic E-state index is 0.0856. The highest BCUT2D eigenvalue weighted by atomic mass is 32.2. The van der Waals surface area contributed by atoms with E-state index in [4.69, 9.17) is 0 Å². The van der Waals surface area contributed by atoms with Gasteiger partial charge in [0.1, 0.15) is 0 Å². The van der Waals surface area contributed by atoms with Crippen molar-refractivity contribution < 1.29 is 4.79 Å². The first kappa shape index (κ1) is 4.77. The second-order valence-electron chi connectivity index (χ2n) is 1.25. The molecule has 4 heteroatoms. The van der Waals surface area contributed by atoms with Crippen LogP contribution in [-0.2, 0) is 4.79 Å². The molecule has 1 amide bonds. The maximum atomic E-state index is 10.1. The maximum Gasteiger partial charge on any atom is 0.300 e. The van der Waals surface area contributed by atoms with Gasteiger partial charge in [-0.05, 0) is 0 Å². The summed E-state index contributed by atoms with van der Waals surface area (Å²) >= 11 is 1.46. The van der Waals surface area contributed by atoms with Crippen LogP contribution in [0.3, 0.4) is 0 Å². The van der Waals surface area contributed by atoms with Crippen molar-refractivity contribution in [2.75, 3.05) is 5.75 Å². The molecule has 1 aliphatic rings. The van der Waals surface area contributed by atoms with Gasteiger partial charge in [-0.1, -0.05) is 0 Å². The van der Waals surface area contributed by atoms with Crippen molar-refractivity contribution in [3.8, 4) is 0 Å². The number of thioether (sulfide) groups is 1. The van der Waals surface area contributed by atoms with E-state index in [1.54, 1.807) is 0 Å². The van der Waals surface area contributed by atoms with Crippen molar-refractivity contribution in [2.24, 2.45) is 5.18 Å². The Morgan fingerprint density at radius 2 is 2.43 bits per heavy atom. The minimum atomic E-state index is -0.509. The molecule has 0 aromatic carbocycles. The van der Waals surface area contributed by atoms with Gasteiger partial charge >= 0.3 is 0 Å². The van der Waals surface area contributed by atoms with Crippen molar-refractivity contribution >= 4 is 17.7 Å². The van der Waals surface area contributed by atoms with Gasteiger partial charge in [0, 0.05) is 10.9 Å². The average Bonchev–Trinajstić information content (AvgIpc) is 2.44. The van der Waals surface area contributed by atoms with Crippen LogP contribution >= 0.6 is 11.8 Å². The third-order valence-electron chi connectivity index (χ3n) is 0.699. The lowest BCUT2D eigenvalue weighted by atomic mass is 10.5. The number of nitrogens with zero attached hydrogens (tertiary/aromatic N) is 1. The Kier molecular flexibility index (Phi) is 1.10. The zero-order valence-corrected chi connectivity index (χ0v) is 4.27. The van der Waals surface area contributed by atoms with Gasteiger partial charge in [-0.15, -0.1) is 16.7 Å². The lowest BCUT2D eigenvalue weighted by Gasteiger charge is -1.71. The van der Waals surface area contributed by atoms with E-state index >= 15 is 0 Å². The molecule has 0 radical (unpaired) electrons. The first-order valence-electron chi connectivity index (χ1n) is 1.83. The molecule has 3 nitrogen and oxygen atoms in total. The van der Waals surface area contributed by atoms with Gasteiger partial charge in [0.2, 0.25) is 0 Å². The van der Waals surface area contributed by atoms with E-state index in [0.717, 1.165) is 5.75 Å². The van der Waals surface area contributed by atoms with E-state index in [-0.39, 0.29) is 5.25 Å². The van der Waals surface area contributed by atoms with E-state index < -0.39 is 5.91 Å². The number of carbonyl (C=O) groups is 1. The fourth-order valence-corrected chi connectivity index (χ4v) is 0.674. The van der Waals surface area contributed by atoms with E-state index in [1.807, 2.05) is 0 Å². The van der Waals surface area contributed by atoms with Gasteiger partial charge in [-0.2, -0.15) is 0 Å². The normalized spacial score (nSPS) is 26.6. The van der Waals surface area contributed by atoms with Crippen LogP contribution in [0.15, 0.2) is 5.18 Å². The molecule has 0 bridgehead atoms. The van der Waals surface area contributed by atoms with Crippen LogP contribution in [0.1, 0.15) is 0 Å². The number of hydrogen-bond donors (Lipinski definition) is 0. The van der Waals surface area contributed by atoms with Crippen LogP contribution in [0.5, 0.6) is 0 Å². The van der Waals surface area contributed by atoms with Crippen molar-refractivity contribution in [1.82, 2.24) is 0 Å². The monoisotopic (exact) mass is 117 g/mol. The molecular formula is C3H3NO2S. The van der Waals surface area contributed by atoms with E-state index in [0.29, 0.717) is 0 Å². The largest absolute Gasteiger partial charge is 0.300 e. The van der Waals surface area contributed by atoms with Crippen molar-refractivity contribution in [3.05, 3.63) is 4.91 Å². The molecule has 1 saturated heterocycles. The number of amides is 1. The van der Waals surface area contributed by atoms with Crippen molar-refractivity contribution in [3.63, 3.8) is 0 Å². The van der Waals surface area contributed by atoms with Gasteiger partial charge in [0.05, 0.1) is 5.25 Å².